The van der Waals surface area contributed by atoms with Crippen molar-refractivity contribution in [1.82, 2.24) is 10.2 Å². The van der Waals surface area contributed by atoms with Gasteiger partial charge in [0.25, 0.3) is 5.91 Å². The molecular formula is C21H23ClN4O5S. The van der Waals surface area contributed by atoms with Crippen LogP contribution in [0.3, 0.4) is 0 Å². The van der Waals surface area contributed by atoms with E-state index in [1.807, 2.05) is 0 Å². The maximum Gasteiger partial charge on any atom is 0.414 e. The second-order valence-corrected chi connectivity index (χ2v) is 9.21. The Morgan fingerprint density at radius 3 is 2.78 bits per heavy atom. The number of halogens is 1. The summed E-state index contributed by atoms with van der Waals surface area (Å²) < 4.78 is 11.5. The summed E-state index contributed by atoms with van der Waals surface area (Å²) in [7, 11) is 3.29. The fourth-order valence-corrected chi connectivity index (χ4v) is 4.67. The highest BCUT2D eigenvalue weighted by molar-refractivity contribution is 7.18. The molecular weight excluding hydrogens is 456 g/mol. The normalized spacial score (nSPS) is 18.7. The van der Waals surface area contributed by atoms with Gasteiger partial charge in [0, 0.05) is 26.2 Å². The topological polar surface area (TPSA) is 91.4 Å². The van der Waals surface area contributed by atoms with Crippen molar-refractivity contribution in [2.75, 3.05) is 50.1 Å². The average Bonchev–Trinajstić information content (AvgIpc) is 3.39. The zero-order valence-electron chi connectivity index (χ0n) is 17.7. The number of methoxy groups -OCH3 is 1. The average molecular weight is 479 g/mol. The Balaban J connectivity index is 1.43. The van der Waals surface area contributed by atoms with Crippen LogP contribution in [0, 0.1) is 0 Å². The molecule has 11 heteroatoms. The quantitative estimate of drug-likeness (QED) is 0.686. The lowest BCUT2D eigenvalue weighted by Crippen LogP contribution is -2.47. The number of benzene rings is 1. The molecule has 3 heterocycles. The molecule has 170 valence electrons. The molecule has 2 aromatic rings. The number of hydrogen-bond donors (Lipinski definition) is 1. The Morgan fingerprint density at radius 2 is 2.06 bits per heavy atom. The lowest BCUT2D eigenvalue weighted by atomic mass is 10.2. The lowest BCUT2D eigenvalue weighted by molar-refractivity contribution is 0.0920. The first-order chi connectivity index (χ1) is 15.4. The van der Waals surface area contributed by atoms with Gasteiger partial charge in [-0.3, -0.25) is 14.6 Å². The molecule has 2 aliphatic heterocycles. The summed E-state index contributed by atoms with van der Waals surface area (Å²) in [6.07, 6.45) is -0.145. The van der Waals surface area contributed by atoms with Crippen molar-refractivity contribution in [1.29, 1.82) is 0 Å². The van der Waals surface area contributed by atoms with E-state index in [9.17, 15) is 14.4 Å². The number of amides is 4. The molecule has 4 rings (SSSR count). The minimum Gasteiger partial charge on any atom is -0.494 e. The summed E-state index contributed by atoms with van der Waals surface area (Å²) in [6.45, 7) is 1.77. The van der Waals surface area contributed by atoms with Crippen LogP contribution in [0.5, 0.6) is 5.75 Å². The van der Waals surface area contributed by atoms with Crippen LogP contribution in [0.2, 0.25) is 4.34 Å². The predicted molar refractivity (Wildman–Crippen MR) is 122 cm³/mol. The summed E-state index contributed by atoms with van der Waals surface area (Å²) in [5, 5.41) is 2.77. The Labute approximate surface area is 194 Å². The number of rotatable bonds is 6. The molecule has 0 spiro atoms. The molecule has 9 nitrogen and oxygen atoms in total. The Kier molecular flexibility index (Phi) is 6.43. The van der Waals surface area contributed by atoms with Crippen LogP contribution < -0.4 is 19.9 Å². The van der Waals surface area contributed by atoms with Gasteiger partial charge < -0.3 is 19.7 Å². The second-order valence-electron chi connectivity index (χ2n) is 7.50. The van der Waals surface area contributed by atoms with Crippen molar-refractivity contribution >= 4 is 52.3 Å². The van der Waals surface area contributed by atoms with Gasteiger partial charge >= 0.3 is 12.1 Å². The molecule has 2 saturated heterocycles. The van der Waals surface area contributed by atoms with E-state index in [1.165, 1.54) is 23.3 Å². The van der Waals surface area contributed by atoms with Gasteiger partial charge in [0.1, 0.15) is 11.9 Å². The van der Waals surface area contributed by atoms with E-state index in [4.69, 9.17) is 21.1 Å². The Hall–Kier alpha value is -2.98. The molecule has 32 heavy (non-hydrogen) atoms. The number of anilines is 2. The zero-order chi connectivity index (χ0) is 22.8. The summed E-state index contributed by atoms with van der Waals surface area (Å²) in [6, 6.07) is 8.46. The number of urea groups is 1. The molecule has 0 saturated carbocycles. The first-order valence-electron chi connectivity index (χ1n) is 10.1. The Morgan fingerprint density at radius 1 is 1.25 bits per heavy atom. The van der Waals surface area contributed by atoms with E-state index in [-0.39, 0.29) is 25.0 Å². The fraction of sp³-hybridized carbons (Fsp3) is 0.381. The Bertz CT molecular complexity index is 1040. The maximum absolute atomic E-state index is 12.5. The molecule has 1 aromatic carbocycles. The molecule has 0 aliphatic carbocycles. The molecule has 1 N–H and O–H groups in total. The van der Waals surface area contributed by atoms with Crippen LogP contribution in [-0.2, 0) is 4.74 Å². The highest BCUT2D eigenvalue weighted by Gasteiger charge is 2.34. The molecule has 4 amide bonds. The van der Waals surface area contributed by atoms with E-state index < -0.39 is 12.2 Å². The van der Waals surface area contributed by atoms with Crippen LogP contribution in [0.25, 0.3) is 0 Å². The second kappa shape index (κ2) is 9.25. The summed E-state index contributed by atoms with van der Waals surface area (Å²) in [5.41, 5.74) is 1.24. The van der Waals surface area contributed by atoms with Crippen molar-refractivity contribution in [3.05, 3.63) is 39.5 Å². The van der Waals surface area contributed by atoms with Gasteiger partial charge in [-0.05, 0) is 30.7 Å². The summed E-state index contributed by atoms with van der Waals surface area (Å²) >= 11 is 7.05. The number of cyclic esters (lactones) is 1. The maximum atomic E-state index is 12.5. The molecule has 0 unspecified atom stereocenters. The number of hydrogen-bond acceptors (Lipinski definition) is 6. The van der Waals surface area contributed by atoms with Crippen LogP contribution in [0.1, 0.15) is 16.1 Å². The minimum atomic E-state index is -0.507. The summed E-state index contributed by atoms with van der Waals surface area (Å²) in [4.78, 5) is 42.5. The molecule has 2 aliphatic rings. The van der Waals surface area contributed by atoms with Crippen molar-refractivity contribution in [2.45, 2.75) is 12.5 Å². The largest absolute Gasteiger partial charge is 0.494 e. The SMILES string of the molecule is COc1cc(N2C[C@H](CNC(=O)c3ccc(Cl)s3)OC2=O)ccc1N1CCCN(C)C1=O. The molecule has 0 bridgehead atoms. The minimum absolute atomic E-state index is 0.0919. The third-order valence-electron chi connectivity index (χ3n) is 5.36. The van der Waals surface area contributed by atoms with E-state index in [0.29, 0.717) is 39.4 Å². The van der Waals surface area contributed by atoms with Crippen LogP contribution in [-0.4, -0.2) is 69.4 Å². The molecule has 2 fully saturated rings. The fourth-order valence-electron chi connectivity index (χ4n) is 3.71. The van der Waals surface area contributed by atoms with Gasteiger partial charge in [-0.1, -0.05) is 11.6 Å². The highest BCUT2D eigenvalue weighted by Crippen LogP contribution is 2.35. The van der Waals surface area contributed by atoms with Crippen LogP contribution in [0.15, 0.2) is 30.3 Å². The van der Waals surface area contributed by atoms with Gasteiger partial charge in [-0.25, -0.2) is 9.59 Å². The molecule has 1 atom stereocenters. The van der Waals surface area contributed by atoms with Gasteiger partial charge in [-0.2, -0.15) is 0 Å². The number of thiophene rings is 1. The smallest absolute Gasteiger partial charge is 0.414 e. The van der Waals surface area contributed by atoms with Gasteiger partial charge in [0.15, 0.2) is 0 Å². The number of nitrogens with zero attached hydrogens (tertiary/aromatic N) is 3. The van der Waals surface area contributed by atoms with E-state index >= 15 is 0 Å². The third-order valence-corrected chi connectivity index (χ3v) is 6.59. The lowest BCUT2D eigenvalue weighted by Gasteiger charge is -2.34. The first kappa shape index (κ1) is 22.2. The highest BCUT2D eigenvalue weighted by atomic mass is 35.5. The molecule has 1 aromatic heterocycles. The third kappa shape index (κ3) is 4.46. The van der Waals surface area contributed by atoms with Crippen LogP contribution >= 0.6 is 22.9 Å². The predicted octanol–water partition coefficient (Wildman–Crippen LogP) is 3.43. The van der Waals surface area contributed by atoms with E-state index in [2.05, 4.69) is 5.32 Å². The van der Waals surface area contributed by atoms with Gasteiger partial charge in [-0.15, -0.1) is 11.3 Å². The van der Waals surface area contributed by atoms with E-state index in [1.54, 1.807) is 47.2 Å². The zero-order valence-corrected chi connectivity index (χ0v) is 19.2. The number of ether oxygens (including phenoxy) is 2. The number of carbonyl (C=O) groups is 3. The van der Waals surface area contributed by atoms with E-state index in [0.717, 1.165) is 6.42 Å². The van der Waals surface area contributed by atoms with Crippen molar-refractivity contribution < 1.29 is 23.9 Å². The number of carbonyl (C=O) groups excluding carboxylic acids is 3. The first-order valence-corrected chi connectivity index (χ1v) is 11.3. The monoisotopic (exact) mass is 478 g/mol. The standard InChI is InChI=1S/C21H23ClN4O5S/c1-24-8-3-9-25(20(24)28)15-5-4-13(10-16(15)30-2)26-12-14(31-21(26)29)11-23-19(27)17-6-7-18(22)32-17/h4-7,10,14H,3,8-9,11-12H2,1-2H3,(H,23,27)/t14-/m0/s1. The van der Waals surface area contributed by atoms with Gasteiger partial charge in [0.05, 0.1) is 40.8 Å². The number of nitrogens with one attached hydrogen (secondary N) is 1. The summed E-state index contributed by atoms with van der Waals surface area (Å²) in [5.74, 6) is 0.226. The van der Waals surface area contributed by atoms with Crippen molar-refractivity contribution in [2.24, 2.45) is 0 Å². The van der Waals surface area contributed by atoms with Gasteiger partial charge in [0.2, 0.25) is 0 Å². The van der Waals surface area contributed by atoms with Crippen molar-refractivity contribution in [3.8, 4) is 5.75 Å². The van der Waals surface area contributed by atoms with Crippen LogP contribution in [0.4, 0.5) is 21.0 Å². The molecule has 0 radical (unpaired) electrons. The van der Waals surface area contributed by atoms with Crippen molar-refractivity contribution in [3.63, 3.8) is 0 Å².